The van der Waals surface area contributed by atoms with Gasteiger partial charge in [-0.3, -0.25) is 9.29 Å². The van der Waals surface area contributed by atoms with E-state index in [2.05, 4.69) is 5.32 Å². The Labute approximate surface area is 241 Å². The van der Waals surface area contributed by atoms with E-state index < -0.39 is 33.7 Å². The smallest absolute Gasteiger partial charge is 0.337 e. The summed E-state index contributed by atoms with van der Waals surface area (Å²) in [5.41, 5.74) is 6.68. The van der Waals surface area contributed by atoms with Crippen molar-refractivity contribution in [2.45, 2.75) is 66.2 Å². The summed E-state index contributed by atoms with van der Waals surface area (Å²) >= 11 is 0. The number of sulfonamides is 1. The molecule has 5 rings (SSSR count). The van der Waals surface area contributed by atoms with Crippen molar-refractivity contribution in [1.82, 2.24) is 4.98 Å². The maximum Gasteiger partial charge on any atom is 0.337 e. The number of carboxylic acids is 1. The Morgan fingerprint density at radius 2 is 1.85 bits per heavy atom. The largest absolute Gasteiger partial charge is 0.490 e. The van der Waals surface area contributed by atoms with Crippen LogP contribution in [0, 0.1) is 20.8 Å². The van der Waals surface area contributed by atoms with E-state index in [0.29, 0.717) is 46.8 Å². The van der Waals surface area contributed by atoms with Crippen molar-refractivity contribution in [2.75, 3.05) is 29.0 Å². The number of nitrogens with zero attached hydrogens (tertiary/aromatic N) is 2. The molecule has 0 radical (unpaired) electrons. The highest BCUT2D eigenvalue weighted by Crippen LogP contribution is 2.54. The molecule has 2 atom stereocenters. The van der Waals surface area contributed by atoms with Crippen LogP contribution in [0.15, 0.2) is 30.5 Å². The van der Waals surface area contributed by atoms with Crippen molar-refractivity contribution >= 4 is 27.4 Å². The number of rotatable bonds is 5. The van der Waals surface area contributed by atoms with Gasteiger partial charge in [0.15, 0.2) is 6.10 Å². The molecular formula is C31H37N3O6S. The summed E-state index contributed by atoms with van der Waals surface area (Å²) in [6.45, 7) is 14.1. The molecule has 2 N–H and O–H groups in total. The Morgan fingerprint density at radius 1 is 1.15 bits per heavy atom. The number of fused-ring (bicyclic) bond motifs is 4. The van der Waals surface area contributed by atoms with Crippen LogP contribution in [0.3, 0.4) is 0 Å². The number of nitrogens with one attached hydrogen (secondary N) is 1. The fraction of sp³-hybridized carbons (Fsp3) is 0.419. The maximum absolute atomic E-state index is 13.4. The molecule has 2 aromatic carbocycles. The van der Waals surface area contributed by atoms with Gasteiger partial charge in [0.05, 0.1) is 35.0 Å². The molecule has 0 amide bonds. The van der Waals surface area contributed by atoms with Crippen LogP contribution in [0.25, 0.3) is 22.4 Å². The minimum absolute atomic E-state index is 0.420. The summed E-state index contributed by atoms with van der Waals surface area (Å²) in [5.74, 6) is -0.426. The molecule has 0 saturated carbocycles. The van der Waals surface area contributed by atoms with Crippen LogP contribution in [-0.2, 0) is 19.6 Å². The first-order valence-corrected chi connectivity index (χ1v) is 15.5. The van der Waals surface area contributed by atoms with Crippen LogP contribution >= 0.6 is 0 Å². The quantitative estimate of drug-likeness (QED) is 0.382. The van der Waals surface area contributed by atoms with E-state index in [1.807, 2.05) is 39.0 Å². The van der Waals surface area contributed by atoms with Crippen molar-refractivity contribution in [3.8, 4) is 28.1 Å². The SMILES string of the molecule is Cc1c(-c2c(C)c3c(c(C)c2[C@H](OC(C)(C)C)C(=O)O)N(S(C)(=O)=O)[C@@H](C)c2cccnc2-3)ccc2c1NCCO2. The second-order valence-corrected chi connectivity index (χ2v) is 13.6. The molecule has 9 nitrogen and oxygen atoms in total. The Balaban J connectivity index is 1.98. The molecule has 2 aliphatic heterocycles. The van der Waals surface area contributed by atoms with Crippen molar-refractivity contribution in [3.05, 3.63) is 58.3 Å². The summed E-state index contributed by atoms with van der Waals surface area (Å²) < 4.78 is 40.2. The molecule has 0 saturated heterocycles. The zero-order valence-electron chi connectivity index (χ0n) is 24.7. The Hall–Kier alpha value is -3.63. The number of hydrogen-bond donors (Lipinski definition) is 2. The summed E-state index contributed by atoms with van der Waals surface area (Å²) in [4.78, 5) is 17.7. The van der Waals surface area contributed by atoms with Crippen molar-refractivity contribution < 1.29 is 27.8 Å². The molecule has 0 spiro atoms. The fourth-order valence-corrected chi connectivity index (χ4v) is 7.45. The second kappa shape index (κ2) is 10.0. The molecular weight excluding hydrogens is 542 g/mol. The first-order chi connectivity index (χ1) is 19.1. The molecule has 41 heavy (non-hydrogen) atoms. The van der Waals surface area contributed by atoms with Gasteiger partial charge in [0.2, 0.25) is 10.0 Å². The highest BCUT2D eigenvalue weighted by Gasteiger charge is 2.41. The van der Waals surface area contributed by atoms with E-state index in [1.165, 1.54) is 10.6 Å². The fourth-order valence-electron chi connectivity index (χ4n) is 6.20. The van der Waals surface area contributed by atoms with E-state index in [1.54, 1.807) is 40.0 Å². The van der Waals surface area contributed by atoms with Crippen LogP contribution < -0.4 is 14.4 Å². The number of ether oxygens (including phenoxy) is 2. The van der Waals surface area contributed by atoms with Gasteiger partial charge >= 0.3 is 5.97 Å². The summed E-state index contributed by atoms with van der Waals surface area (Å²) in [7, 11) is -3.78. The van der Waals surface area contributed by atoms with Crippen LogP contribution in [0.5, 0.6) is 5.75 Å². The van der Waals surface area contributed by atoms with E-state index in [0.717, 1.165) is 33.7 Å². The number of pyridine rings is 1. The lowest BCUT2D eigenvalue weighted by Crippen LogP contribution is -2.37. The van der Waals surface area contributed by atoms with Crippen LogP contribution in [0.2, 0.25) is 0 Å². The highest BCUT2D eigenvalue weighted by atomic mass is 32.2. The minimum atomic E-state index is -3.78. The number of benzene rings is 2. The third-order valence-corrected chi connectivity index (χ3v) is 9.00. The summed E-state index contributed by atoms with van der Waals surface area (Å²) in [6, 6.07) is 6.98. The van der Waals surface area contributed by atoms with Gasteiger partial charge in [0.25, 0.3) is 0 Å². The number of aliphatic carboxylic acids is 1. The van der Waals surface area contributed by atoms with Gasteiger partial charge in [-0.1, -0.05) is 12.1 Å². The Bertz CT molecular complexity index is 1680. The summed E-state index contributed by atoms with van der Waals surface area (Å²) in [6.07, 6.45) is 1.51. The lowest BCUT2D eigenvalue weighted by Gasteiger charge is -2.40. The number of carboxylic acid groups (broad SMARTS) is 1. The highest BCUT2D eigenvalue weighted by molar-refractivity contribution is 7.92. The maximum atomic E-state index is 13.4. The van der Waals surface area contributed by atoms with Gasteiger partial charge in [-0.15, -0.1) is 0 Å². The third-order valence-electron chi connectivity index (χ3n) is 7.79. The molecule has 218 valence electrons. The molecule has 0 unspecified atom stereocenters. The lowest BCUT2D eigenvalue weighted by atomic mass is 9.79. The lowest BCUT2D eigenvalue weighted by molar-refractivity contribution is -0.160. The van der Waals surface area contributed by atoms with Gasteiger partial charge in [-0.2, -0.15) is 0 Å². The van der Waals surface area contributed by atoms with Crippen LogP contribution in [-0.4, -0.2) is 49.5 Å². The van der Waals surface area contributed by atoms with Gasteiger partial charge in [-0.05, 0) is 88.4 Å². The normalized spacial score (nSPS) is 17.1. The zero-order valence-corrected chi connectivity index (χ0v) is 25.6. The Morgan fingerprint density at radius 3 is 2.49 bits per heavy atom. The number of hydrogen-bond acceptors (Lipinski definition) is 7. The van der Waals surface area contributed by atoms with Gasteiger partial charge in [-0.25, -0.2) is 13.2 Å². The van der Waals surface area contributed by atoms with Crippen molar-refractivity contribution in [1.29, 1.82) is 0 Å². The minimum Gasteiger partial charge on any atom is -0.490 e. The average Bonchev–Trinajstić information content (AvgIpc) is 2.89. The third kappa shape index (κ3) is 4.82. The predicted octanol–water partition coefficient (Wildman–Crippen LogP) is 5.93. The molecule has 0 aliphatic carbocycles. The van der Waals surface area contributed by atoms with E-state index in [-0.39, 0.29) is 0 Å². The topological polar surface area (TPSA) is 118 Å². The monoisotopic (exact) mass is 579 g/mol. The van der Waals surface area contributed by atoms with Crippen LogP contribution in [0.1, 0.15) is 67.7 Å². The Kier molecular flexibility index (Phi) is 7.06. The average molecular weight is 580 g/mol. The van der Waals surface area contributed by atoms with E-state index in [9.17, 15) is 18.3 Å². The standard InChI is InChI=1S/C31H37N3O6S/c1-16-20(11-12-22-26(16)33-14-15-39-22)23-17(2)25-27-21(10-9-13-32-27)19(4)34(41(8,37)38)28(25)18(3)24(23)29(30(35)36)40-31(5,6)7/h9-13,19,29,33H,14-15H2,1-8H3,(H,35,36)/t19-,29-/m0/s1. The molecule has 0 fully saturated rings. The number of carbonyl (C=O) groups is 1. The van der Waals surface area contributed by atoms with Gasteiger partial charge in [0, 0.05) is 29.4 Å². The molecule has 1 aromatic heterocycles. The van der Waals surface area contributed by atoms with E-state index in [4.69, 9.17) is 14.5 Å². The van der Waals surface area contributed by atoms with E-state index >= 15 is 0 Å². The van der Waals surface area contributed by atoms with Crippen molar-refractivity contribution in [3.63, 3.8) is 0 Å². The summed E-state index contributed by atoms with van der Waals surface area (Å²) in [5, 5.41) is 14.0. The number of aromatic nitrogens is 1. The molecule has 3 heterocycles. The molecule has 10 heteroatoms. The van der Waals surface area contributed by atoms with Gasteiger partial charge in [0.1, 0.15) is 12.4 Å². The second-order valence-electron chi connectivity index (χ2n) is 11.8. The molecule has 0 bridgehead atoms. The van der Waals surface area contributed by atoms with Crippen LogP contribution in [0.4, 0.5) is 11.4 Å². The molecule has 2 aliphatic rings. The predicted molar refractivity (Wildman–Crippen MR) is 160 cm³/mol. The van der Waals surface area contributed by atoms with Gasteiger partial charge < -0.3 is 19.9 Å². The van der Waals surface area contributed by atoms with Crippen molar-refractivity contribution in [2.24, 2.45) is 0 Å². The first-order valence-electron chi connectivity index (χ1n) is 13.7. The first kappa shape index (κ1) is 28.9. The molecule has 3 aromatic rings. The number of anilines is 2. The zero-order chi connectivity index (χ0) is 30.0.